The lowest BCUT2D eigenvalue weighted by Gasteiger charge is -2.37. The number of hydrogen-bond acceptors (Lipinski definition) is 4. The zero-order chi connectivity index (χ0) is 17.7. The summed E-state index contributed by atoms with van der Waals surface area (Å²) < 4.78 is 42.7. The first-order valence-electron chi connectivity index (χ1n) is 7.70. The van der Waals surface area contributed by atoms with Crippen LogP contribution in [0.15, 0.2) is 24.3 Å². The van der Waals surface area contributed by atoms with Gasteiger partial charge in [0.2, 0.25) is 5.91 Å². The molecule has 1 unspecified atom stereocenters. The Kier molecular flexibility index (Phi) is 6.06. The first kappa shape index (κ1) is 18.5. The third-order valence-electron chi connectivity index (χ3n) is 4.03. The first-order chi connectivity index (χ1) is 11.3. The molecule has 2 rings (SSSR count). The molecule has 1 amide bonds. The average molecular weight is 345 g/mol. The second kappa shape index (κ2) is 7.85. The number of carbonyl (C=O) groups excluding carboxylic acids is 1. The quantitative estimate of drug-likeness (QED) is 0.882. The monoisotopic (exact) mass is 345 g/mol. The van der Waals surface area contributed by atoms with E-state index in [1.54, 1.807) is 7.11 Å². The van der Waals surface area contributed by atoms with Crippen LogP contribution in [0.25, 0.3) is 0 Å². The largest absolute Gasteiger partial charge is 0.496 e. The van der Waals surface area contributed by atoms with Gasteiger partial charge in [-0.1, -0.05) is 18.2 Å². The molecule has 1 aliphatic rings. The van der Waals surface area contributed by atoms with E-state index in [0.717, 1.165) is 10.5 Å². The Morgan fingerprint density at radius 3 is 2.79 bits per heavy atom. The third kappa shape index (κ3) is 4.85. The van der Waals surface area contributed by atoms with Crippen molar-refractivity contribution in [2.45, 2.75) is 12.2 Å². The van der Waals surface area contributed by atoms with Crippen molar-refractivity contribution in [3.8, 4) is 5.75 Å². The van der Waals surface area contributed by atoms with Gasteiger partial charge in [0.05, 0.1) is 19.7 Å². The van der Waals surface area contributed by atoms with E-state index in [1.807, 2.05) is 29.2 Å². The molecule has 5 nitrogen and oxygen atoms in total. The molecule has 1 aromatic rings. The number of nitrogens with one attached hydrogen (secondary N) is 1. The first-order valence-corrected chi connectivity index (χ1v) is 7.70. The van der Waals surface area contributed by atoms with Crippen molar-refractivity contribution >= 4 is 5.91 Å². The van der Waals surface area contributed by atoms with Gasteiger partial charge in [0, 0.05) is 32.2 Å². The number of piperazine rings is 1. The number of para-hydroxylation sites is 1. The SMILES string of the molecule is COc1ccccc1C1CNCCN1CC(=O)N(C)CC(F)(F)F. The number of ether oxygens (including phenoxy) is 1. The third-order valence-corrected chi connectivity index (χ3v) is 4.03. The van der Waals surface area contributed by atoms with Gasteiger partial charge >= 0.3 is 6.18 Å². The van der Waals surface area contributed by atoms with Crippen molar-refractivity contribution < 1.29 is 22.7 Å². The molecule has 0 aliphatic carbocycles. The molecule has 1 atom stereocenters. The summed E-state index contributed by atoms with van der Waals surface area (Å²) >= 11 is 0. The number of methoxy groups -OCH3 is 1. The Labute approximate surface area is 139 Å². The number of hydrogen-bond donors (Lipinski definition) is 1. The van der Waals surface area contributed by atoms with Crippen LogP contribution in [-0.2, 0) is 4.79 Å². The second-order valence-electron chi connectivity index (χ2n) is 5.80. The number of benzene rings is 1. The second-order valence-corrected chi connectivity index (χ2v) is 5.80. The van der Waals surface area contributed by atoms with Gasteiger partial charge in [0.25, 0.3) is 0 Å². The maximum Gasteiger partial charge on any atom is 0.406 e. The Balaban J connectivity index is 2.11. The summed E-state index contributed by atoms with van der Waals surface area (Å²) in [4.78, 5) is 14.8. The standard InChI is InChI=1S/C16H22F3N3O2/c1-21(11-16(17,18)19)15(23)10-22-8-7-20-9-13(22)12-5-3-4-6-14(12)24-2/h3-6,13,20H,7-11H2,1-2H3. The number of halogens is 3. The molecule has 1 saturated heterocycles. The van der Waals surface area contributed by atoms with Crippen molar-refractivity contribution in [2.24, 2.45) is 0 Å². The lowest BCUT2D eigenvalue weighted by Crippen LogP contribution is -2.50. The zero-order valence-electron chi connectivity index (χ0n) is 13.8. The van der Waals surface area contributed by atoms with E-state index in [-0.39, 0.29) is 12.6 Å². The number of carbonyl (C=O) groups is 1. The van der Waals surface area contributed by atoms with Gasteiger partial charge in [-0.2, -0.15) is 13.2 Å². The number of amides is 1. The van der Waals surface area contributed by atoms with Gasteiger partial charge in [-0.3, -0.25) is 9.69 Å². The number of likely N-dealkylation sites (N-methyl/N-ethyl adjacent to an activating group) is 1. The van der Waals surface area contributed by atoms with E-state index in [1.165, 1.54) is 7.05 Å². The van der Waals surface area contributed by atoms with Crippen LogP contribution >= 0.6 is 0 Å². The number of rotatable bonds is 5. The molecule has 0 bridgehead atoms. The minimum atomic E-state index is -4.39. The normalized spacial score (nSPS) is 19.1. The van der Waals surface area contributed by atoms with E-state index < -0.39 is 18.6 Å². The van der Waals surface area contributed by atoms with E-state index in [2.05, 4.69) is 5.32 Å². The molecule has 134 valence electrons. The molecule has 0 saturated carbocycles. The van der Waals surface area contributed by atoms with Gasteiger partial charge < -0.3 is 15.0 Å². The van der Waals surface area contributed by atoms with Gasteiger partial charge in [0.15, 0.2) is 0 Å². The topological polar surface area (TPSA) is 44.8 Å². The van der Waals surface area contributed by atoms with Crippen LogP contribution in [0.4, 0.5) is 13.2 Å². The Hall–Kier alpha value is -1.80. The molecule has 1 N–H and O–H groups in total. The van der Waals surface area contributed by atoms with Crippen LogP contribution < -0.4 is 10.1 Å². The molecule has 0 spiro atoms. The van der Waals surface area contributed by atoms with Crippen LogP contribution in [0.2, 0.25) is 0 Å². The summed E-state index contributed by atoms with van der Waals surface area (Å²) in [5.74, 6) is 0.154. The minimum Gasteiger partial charge on any atom is -0.496 e. The zero-order valence-corrected chi connectivity index (χ0v) is 13.8. The highest BCUT2D eigenvalue weighted by Gasteiger charge is 2.33. The van der Waals surface area contributed by atoms with Crippen molar-refractivity contribution in [1.29, 1.82) is 0 Å². The fraction of sp³-hybridized carbons (Fsp3) is 0.562. The van der Waals surface area contributed by atoms with Crippen LogP contribution in [0.3, 0.4) is 0 Å². The molecule has 1 heterocycles. The molecule has 1 aliphatic heterocycles. The van der Waals surface area contributed by atoms with Crippen molar-refractivity contribution in [3.63, 3.8) is 0 Å². The Bertz CT molecular complexity index is 566. The summed E-state index contributed by atoms with van der Waals surface area (Å²) in [6, 6.07) is 7.35. The van der Waals surface area contributed by atoms with E-state index in [0.29, 0.717) is 25.4 Å². The maximum absolute atomic E-state index is 12.5. The highest BCUT2D eigenvalue weighted by molar-refractivity contribution is 5.78. The highest BCUT2D eigenvalue weighted by atomic mass is 19.4. The maximum atomic E-state index is 12.5. The molecule has 8 heteroatoms. The van der Waals surface area contributed by atoms with Crippen LogP contribution in [0.5, 0.6) is 5.75 Å². The minimum absolute atomic E-state index is 0.0586. The number of nitrogens with zero attached hydrogens (tertiary/aromatic N) is 2. The molecular weight excluding hydrogens is 323 g/mol. The van der Waals surface area contributed by atoms with E-state index in [4.69, 9.17) is 4.74 Å². The van der Waals surface area contributed by atoms with Crippen LogP contribution in [-0.4, -0.2) is 68.8 Å². The summed E-state index contributed by atoms with van der Waals surface area (Å²) in [5, 5.41) is 3.25. The summed E-state index contributed by atoms with van der Waals surface area (Å²) in [6.07, 6.45) is -4.39. The van der Waals surface area contributed by atoms with Crippen molar-refractivity contribution in [1.82, 2.24) is 15.1 Å². The van der Waals surface area contributed by atoms with E-state index >= 15 is 0 Å². The lowest BCUT2D eigenvalue weighted by molar-refractivity contribution is -0.159. The fourth-order valence-corrected chi connectivity index (χ4v) is 2.84. The fourth-order valence-electron chi connectivity index (χ4n) is 2.84. The number of alkyl halides is 3. The summed E-state index contributed by atoms with van der Waals surface area (Å²) in [6.45, 7) is 0.571. The molecule has 1 fully saturated rings. The van der Waals surface area contributed by atoms with Gasteiger partial charge in [-0.25, -0.2) is 0 Å². The summed E-state index contributed by atoms with van der Waals surface area (Å²) in [7, 11) is 2.75. The molecule has 24 heavy (non-hydrogen) atoms. The predicted molar refractivity (Wildman–Crippen MR) is 83.9 cm³/mol. The summed E-state index contributed by atoms with van der Waals surface area (Å²) in [5.41, 5.74) is 0.915. The van der Waals surface area contributed by atoms with E-state index in [9.17, 15) is 18.0 Å². The molecular formula is C16H22F3N3O2. The average Bonchev–Trinajstić information content (AvgIpc) is 2.53. The molecule has 0 radical (unpaired) electrons. The smallest absolute Gasteiger partial charge is 0.406 e. The Morgan fingerprint density at radius 1 is 1.42 bits per heavy atom. The van der Waals surface area contributed by atoms with Crippen LogP contribution in [0, 0.1) is 0 Å². The predicted octanol–water partition coefficient (Wildman–Crippen LogP) is 1.66. The van der Waals surface area contributed by atoms with Crippen LogP contribution in [0.1, 0.15) is 11.6 Å². The van der Waals surface area contributed by atoms with Gasteiger partial charge in [-0.05, 0) is 6.07 Å². The molecule has 1 aromatic carbocycles. The van der Waals surface area contributed by atoms with Crippen molar-refractivity contribution in [3.05, 3.63) is 29.8 Å². The molecule has 0 aromatic heterocycles. The lowest BCUT2D eigenvalue weighted by atomic mass is 10.0. The highest BCUT2D eigenvalue weighted by Crippen LogP contribution is 2.30. The van der Waals surface area contributed by atoms with Crippen molar-refractivity contribution in [2.75, 3.05) is 46.9 Å². The van der Waals surface area contributed by atoms with Gasteiger partial charge in [-0.15, -0.1) is 0 Å². The Morgan fingerprint density at radius 2 is 2.12 bits per heavy atom. The van der Waals surface area contributed by atoms with Gasteiger partial charge in [0.1, 0.15) is 12.3 Å².